The van der Waals surface area contributed by atoms with Crippen LogP contribution in [0.2, 0.25) is 0 Å². The van der Waals surface area contributed by atoms with Crippen molar-refractivity contribution in [1.82, 2.24) is 5.32 Å². The van der Waals surface area contributed by atoms with Gasteiger partial charge < -0.3 is 24.3 Å². The van der Waals surface area contributed by atoms with E-state index >= 15 is 0 Å². The molecule has 2 aromatic carbocycles. The molecule has 10 nitrogen and oxygen atoms in total. The molecule has 0 aromatic heterocycles. The number of rotatable bonds is 9. The Kier molecular flexibility index (Phi) is 7.04. The first-order valence-corrected chi connectivity index (χ1v) is 9.20. The summed E-state index contributed by atoms with van der Waals surface area (Å²) in [5.41, 5.74) is 0.705. The predicted molar refractivity (Wildman–Crippen MR) is 104 cm³/mol. The largest absolute Gasteiger partial charge is 0.486 e. The second kappa shape index (κ2) is 10.1. The van der Waals surface area contributed by atoms with E-state index in [2.05, 4.69) is 5.32 Å². The van der Waals surface area contributed by atoms with Gasteiger partial charge in [-0.25, -0.2) is 4.79 Å². The third-order valence-corrected chi connectivity index (χ3v) is 4.11. The molecule has 0 unspecified atom stereocenters. The lowest BCUT2D eigenvalue weighted by molar-refractivity contribution is -0.385. The van der Waals surface area contributed by atoms with E-state index in [0.717, 1.165) is 5.56 Å². The van der Waals surface area contributed by atoms with Gasteiger partial charge in [0.15, 0.2) is 30.5 Å². The van der Waals surface area contributed by atoms with E-state index in [9.17, 15) is 19.7 Å². The molecule has 1 N–H and O–H groups in total. The fourth-order valence-corrected chi connectivity index (χ4v) is 2.69. The SMILES string of the molecule is O=C(COC(=O)COc1ccccc1[N+](=O)[O-])NCCc1ccc2c(c1)OCCO2. The Morgan fingerprint density at radius 3 is 2.63 bits per heavy atom. The van der Waals surface area contributed by atoms with Gasteiger partial charge in [-0.15, -0.1) is 0 Å². The Morgan fingerprint density at radius 2 is 1.83 bits per heavy atom. The van der Waals surface area contributed by atoms with Crippen molar-refractivity contribution in [2.45, 2.75) is 6.42 Å². The highest BCUT2D eigenvalue weighted by atomic mass is 16.6. The van der Waals surface area contributed by atoms with Crippen molar-refractivity contribution in [2.24, 2.45) is 0 Å². The molecule has 3 rings (SSSR count). The van der Waals surface area contributed by atoms with Crippen molar-refractivity contribution < 1.29 is 33.5 Å². The van der Waals surface area contributed by atoms with Gasteiger partial charge >= 0.3 is 11.7 Å². The second-order valence-corrected chi connectivity index (χ2v) is 6.25. The number of para-hydroxylation sites is 2. The number of hydrogen-bond donors (Lipinski definition) is 1. The van der Waals surface area contributed by atoms with Crippen molar-refractivity contribution in [1.29, 1.82) is 0 Å². The van der Waals surface area contributed by atoms with Crippen molar-refractivity contribution in [2.75, 3.05) is 33.0 Å². The molecule has 2 aromatic rings. The van der Waals surface area contributed by atoms with Crippen LogP contribution in [0.4, 0.5) is 5.69 Å². The van der Waals surface area contributed by atoms with Crippen molar-refractivity contribution >= 4 is 17.6 Å². The van der Waals surface area contributed by atoms with E-state index in [4.69, 9.17) is 18.9 Å². The molecule has 30 heavy (non-hydrogen) atoms. The first kappa shape index (κ1) is 20.9. The van der Waals surface area contributed by atoms with Gasteiger partial charge in [0, 0.05) is 12.6 Å². The number of ether oxygens (including phenoxy) is 4. The summed E-state index contributed by atoms with van der Waals surface area (Å²) in [6.45, 7) is 0.354. The Hall–Kier alpha value is -3.82. The highest BCUT2D eigenvalue weighted by Crippen LogP contribution is 2.30. The van der Waals surface area contributed by atoms with Crippen LogP contribution >= 0.6 is 0 Å². The summed E-state index contributed by atoms with van der Waals surface area (Å²) in [5.74, 6) is 0.0479. The topological polar surface area (TPSA) is 126 Å². The quantitative estimate of drug-likeness (QED) is 0.371. The molecule has 0 spiro atoms. The third-order valence-electron chi connectivity index (χ3n) is 4.11. The molecular weight excluding hydrogens is 396 g/mol. The van der Waals surface area contributed by atoms with Crippen LogP contribution in [0.1, 0.15) is 5.56 Å². The monoisotopic (exact) mass is 416 g/mol. The molecule has 158 valence electrons. The average Bonchev–Trinajstić information content (AvgIpc) is 2.76. The maximum atomic E-state index is 11.8. The first-order valence-electron chi connectivity index (χ1n) is 9.20. The Morgan fingerprint density at radius 1 is 1.07 bits per heavy atom. The lowest BCUT2D eigenvalue weighted by Gasteiger charge is -2.18. The number of carbonyl (C=O) groups is 2. The van der Waals surface area contributed by atoms with Gasteiger partial charge in [-0.3, -0.25) is 14.9 Å². The number of nitro benzene ring substituents is 1. The number of carbonyl (C=O) groups excluding carboxylic acids is 2. The van der Waals surface area contributed by atoms with E-state index < -0.39 is 30.0 Å². The Labute approximate surface area is 171 Å². The highest BCUT2D eigenvalue weighted by Gasteiger charge is 2.16. The van der Waals surface area contributed by atoms with Crippen LogP contribution in [0.3, 0.4) is 0 Å². The summed E-state index contributed by atoms with van der Waals surface area (Å²) in [6.07, 6.45) is 0.567. The molecule has 10 heteroatoms. The summed E-state index contributed by atoms with van der Waals surface area (Å²) in [7, 11) is 0. The van der Waals surface area contributed by atoms with Gasteiger partial charge in [-0.2, -0.15) is 0 Å². The summed E-state index contributed by atoms with van der Waals surface area (Å²) in [4.78, 5) is 33.8. The fraction of sp³-hybridized carbons (Fsp3) is 0.300. The van der Waals surface area contributed by atoms with Gasteiger partial charge in [0.25, 0.3) is 5.91 Å². The van der Waals surface area contributed by atoms with E-state index in [-0.39, 0.29) is 11.4 Å². The summed E-state index contributed by atoms with van der Waals surface area (Å²) >= 11 is 0. The van der Waals surface area contributed by atoms with E-state index in [1.165, 1.54) is 18.2 Å². The number of hydrogen-bond acceptors (Lipinski definition) is 8. The molecule has 1 aliphatic heterocycles. The Balaban J connectivity index is 1.35. The van der Waals surface area contributed by atoms with E-state index in [1.807, 2.05) is 18.2 Å². The standard InChI is InChI=1S/C20H20N2O8/c23-19(21-8-7-14-5-6-17-18(11-14)28-10-9-27-17)12-30-20(24)13-29-16-4-2-1-3-15(16)22(25)26/h1-6,11H,7-10,12-13H2,(H,21,23). The van der Waals surface area contributed by atoms with Gasteiger partial charge in [-0.05, 0) is 30.2 Å². The maximum absolute atomic E-state index is 11.8. The molecule has 0 radical (unpaired) electrons. The molecule has 0 atom stereocenters. The minimum absolute atomic E-state index is 0.0525. The smallest absolute Gasteiger partial charge is 0.344 e. The minimum Gasteiger partial charge on any atom is -0.486 e. The van der Waals surface area contributed by atoms with Crippen LogP contribution < -0.4 is 19.5 Å². The van der Waals surface area contributed by atoms with Crippen LogP contribution in [0.25, 0.3) is 0 Å². The first-order chi connectivity index (χ1) is 14.5. The van der Waals surface area contributed by atoms with Crippen LogP contribution in [0, 0.1) is 10.1 Å². The van der Waals surface area contributed by atoms with E-state index in [1.54, 1.807) is 6.07 Å². The minimum atomic E-state index is -0.810. The molecule has 0 bridgehead atoms. The van der Waals surface area contributed by atoms with E-state index in [0.29, 0.717) is 37.7 Å². The number of fused-ring (bicyclic) bond motifs is 1. The molecule has 1 heterocycles. The molecule has 1 aliphatic rings. The maximum Gasteiger partial charge on any atom is 0.344 e. The van der Waals surface area contributed by atoms with Gasteiger partial charge in [0.1, 0.15) is 13.2 Å². The van der Waals surface area contributed by atoms with Crippen molar-refractivity contribution in [3.8, 4) is 17.2 Å². The van der Waals surface area contributed by atoms with Crippen LogP contribution in [0.5, 0.6) is 17.2 Å². The normalized spacial score (nSPS) is 12.0. The lowest BCUT2D eigenvalue weighted by Crippen LogP contribution is -2.31. The molecule has 0 aliphatic carbocycles. The number of benzene rings is 2. The highest BCUT2D eigenvalue weighted by molar-refractivity contribution is 5.80. The molecule has 0 fully saturated rings. The summed E-state index contributed by atoms with van der Waals surface area (Å²) in [5, 5.41) is 13.5. The van der Waals surface area contributed by atoms with Crippen molar-refractivity contribution in [3.05, 3.63) is 58.1 Å². The van der Waals surface area contributed by atoms with Crippen LogP contribution in [0.15, 0.2) is 42.5 Å². The zero-order chi connectivity index (χ0) is 21.3. The molecule has 0 saturated carbocycles. The average molecular weight is 416 g/mol. The number of nitrogens with one attached hydrogen (secondary N) is 1. The third kappa shape index (κ3) is 5.84. The number of nitrogens with zero attached hydrogens (tertiary/aromatic N) is 1. The molecule has 0 saturated heterocycles. The molecular formula is C20H20N2O8. The Bertz CT molecular complexity index is 931. The van der Waals surface area contributed by atoms with Crippen LogP contribution in [-0.4, -0.2) is 49.8 Å². The summed E-state index contributed by atoms with van der Waals surface area (Å²) < 4.78 is 20.9. The van der Waals surface area contributed by atoms with Gasteiger partial charge in [0.05, 0.1) is 4.92 Å². The zero-order valence-corrected chi connectivity index (χ0v) is 16.0. The van der Waals surface area contributed by atoms with Gasteiger partial charge in [-0.1, -0.05) is 18.2 Å². The fourth-order valence-electron chi connectivity index (χ4n) is 2.69. The van der Waals surface area contributed by atoms with Crippen molar-refractivity contribution in [3.63, 3.8) is 0 Å². The zero-order valence-electron chi connectivity index (χ0n) is 16.0. The van der Waals surface area contributed by atoms with Gasteiger partial charge in [0.2, 0.25) is 0 Å². The predicted octanol–water partition coefficient (Wildman–Crippen LogP) is 1.65. The molecule has 1 amide bonds. The second-order valence-electron chi connectivity index (χ2n) is 6.25. The lowest BCUT2D eigenvalue weighted by atomic mass is 10.1. The summed E-state index contributed by atoms with van der Waals surface area (Å²) in [6, 6.07) is 11.2. The number of nitro groups is 1. The van der Waals surface area contributed by atoms with Crippen LogP contribution in [-0.2, 0) is 20.7 Å². The number of esters is 1. The number of amides is 1.